The number of halogens is 1. The van der Waals surface area contributed by atoms with E-state index in [-0.39, 0.29) is 5.56 Å². The van der Waals surface area contributed by atoms with Crippen LogP contribution in [0.4, 0.5) is 5.69 Å². The SMILES string of the molecule is O=C(O)c1cc(Br)cc(N2CCS(=O)CC2)c1. The Morgan fingerprint density at radius 2 is 1.94 bits per heavy atom. The van der Waals surface area contributed by atoms with Crippen molar-refractivity contribution in [2.24, 2.45) is 0 Å². The Kier molecular flexibility index (Phi) is 3.83. The lowest BCUT2D eigenvalue weighted by atomic mass is 10.2. The zero-order valence-electron chi connectivity index (χ0n) is 9.06. The summed E-state index contributed by atoms with van der Waals surface area (Å²) < 4.78 is 12.0. The van der Waals surface area contributed by atoms with Gasteiger partial charge in [0.2, 0.25) is 0 Å². The van der Waals surface area contributed by atoms with Crippen LogP contribution < -0.4 is 4.90 Å². The molecule has 0 amide bonds. The molecular formula is C11H12BrNO3S. The number of benzene rings is 1. The lowest BCUT2D eigenvalue weighted by molar-refractivity contribution is 0.0697. The minimum Gasteiger partial charge on any atom is -0.478 e. The summed E-state index contributed by atoms with van der Waals surface area (Å²) in [4.78, 5) is 13.0. The van der Waals surface area contributed by atoms with E-state index in [0.29, 0.717) is 24.6 Å². The second kappa shape index (κ2) is 5.18. The third kappa shape index (κ3) is 3.07. The van der Waals surface area contributed by atoms with Crippen LogP contribution in [0.2, 0.25) is 0 Å². The average molecular weight is 318 g/mol. The molecule has 0 radical (unpaired) electrons. The molecule has 92 valence electrons. The van der Waals surface area contributed by atoms with E-state index >= 15 is 0 Å². The van der Waals surface area contributed by atoms with Gasteiger partial charge in [0.05, 0.1) is 5.56 Å². The fraction of sp³-hybridized carbons (Fsp3) is 0.364. The highest BCUT2D eigenvalue weighted by Gasteiger charge is 2.17. The number of rotatable bonds is 2. The largest absolute Gasteiger partial charge is 0.478 e. The van der Waals surface area contributed by atoms with Gasteiger partial charge in [-0.05, 0) is 18.2 Å². The van der Waals surface area contributed by atoms with E-state index in [2.05, 4.69) is 20.8 Å². The Balaban J connectivity index is 2.26. The van der Waals surface area contributed by atoms with E-state index in [0.717, 1.165) is 10.2 Å². The molecule has 17 heavy (non-hydrogen) atoms. The number of carbonyl (C=O) groups is 1. The topological polar surface area (TPSA) is 57.6 Å². The molecule has 0 saturated carbocycles. The standard InChI is InChI=1S/C11H12BrNO3S/c12-9-5-8(11(14)15)6-10(7-9)13-1-3-17(16)4-2-13/h5-7H,1-4H2,(H,14,15). The Hall–Kier alpha value is -0.880. The van der Waals surface area contributed by atoms with Gasteiger partial charge in [0.15, 0.2) is 0 Å². The molecular weight excluding hydrogens is 306 g/mol. The first kappa shape index (κ1) is 12.6. The van der Waals surface area contributed by atoms with E-state index in [9.17, 15) is 9.00 Å². The minimum absolute atomic E-state index is 0.265. The van der Waals surface area contributed by atoms with Gasteiger partial charge in [0.1, 0.15) is 0 Å². The molecule has 1 aliphatic rings. The van der Waals surface area contributed by atoms with Gasteiger partial charge in [-0.15, -0.1) is 0 Å². The first-order chi connectivity index (χ1) is 8.06. The molecule has 2 rings (SSSR count). The quantitative estimate of drug-likeness (QED) is 0.902. The number of anilines is 1. The van der Waals surface area contributed by atoms with Crippen LogP contribution in [0.25, 0.3) is 0 Å². The van der Waals surface area contributed by atoms with Crippen molar-refractivity contribution in [2.45, 2.75) is 0 Å². The summed E-state index contributed by atoms with van der Waals surface area (Å²) >= 11 is 3.31. The van der Waals surface area contributed by atoms with E-state index in [1.54, 1.807) is 12.1 Å². The summed E-state index contributed by atoms with van der Waals surface area (Å²) in [5.41, 5.74) is 1.13. The average Bonchev–Trinajstić information content (AvgIpc) is 2.29. The lowest BCUT2D eigenvalue weighted by Crippen LogP contribution is -2.37. The second-order valence-electron chi connectivity index (χ2n) is 3.84. The molecule has 0 bridgehead atoms. The van der Waals surface area contributed by atoms with Gasteiger partial charge in [-0.3, -0.25) is 4.21 Å². The Labute approximate surface area is 110 Å². The second-order valence-corrected chi connectivity index (χ2v) is 6.45. The van der Waals surface area contributed by atoms with Gasteiger partial charge in [0.25, 0.3) is 0 Å². The third-order valence-corrected chi connectivity index (χ3v) is 4.41. The molecule has 1 fully saturated rings. The monoisotopic (exact) mass is 317 g/mol. The smallest absolute Gasteiger partial charge is 0.335 e. The molecule has 0 spiro atoms. The zero-order valence-corrected chi connectivity index (χ0v) is 11.5. The zero-order chi connectivity index (χ0) is 12.4. The van der Waals surface area contributed by atoms with Crippen molar-refractivity contribution in [3.8, 4) is 0 Å². The molecule has 0 atom stereocenters. The molecule has 0 aromatic heterocycles. The Morgan fingerprint density at radius 3 is 2.53 bits per heavy atom. The van der Waals surface area contributed by atoms with Crippen LogP contribution in [-0.2, 0) is 10.8 Å². The van der Waals surface area contributed by atoms with Crippen LogP contribution in [0.1, 0.15) is 10.4 Å². The maximum Gasteiger partial charge on any atom is 0.335 e. The Bertz CT molecular complexity index is 468. The van der Waals surface area contributed by atoms with E-state index in [1.165, 1.54) is 0 Å². The normalized spacial score (nSPS) is 17.1. The van der Waals surface area contributed by atoms with Gasteiger partial charge in [-0.1, -0.05) is 15.9 Å². The Morgan fingerprint density at radius 1 is 1.29 bits per heavy atom. The van der Waals surface area contributed by atoms with Crippen LogP contribution in [0.5, 0.6) is 0 Å². The molecule has 0 aliphatic carbocycles. The number of nitrogens with zero attached hydrogens (tertiary/aromatic N) is 1. The maximum atomic E-state index is 11.3. The van der Waals surface area contributed by atoms with Crippen LogP contribution in [-0.4, -0.2) is 39.9 Å². The van der Waals surface area contributed by atoms with E-state index in [4.69, 9.17) is 5.11 Å². The number of carboxylic acids is 1. The van der Waals surface area contributed by atoms with Crippen molar-refractivity contribution in [2.75, 3.05) is 29.5 Å². The molecule has 4 nitrogen and oxygen atoms in total. The number of aromatic carboxylic acids is 1. The predicted molar refractivity (Wildman–Crippen MR) is 71.2 cm³/mol. The maximum absolute atomic E-state index is 11.3. The molecule has 1 heterocycles. The van der Waals surface area contributed by atoms with Crippen LogP contribution >= 0.6 is 15.9 Å². The number of carboxylic acid groups (broad SMARTS) is 1. The number of hydrogen-bond donors (Lipinski definition) is 1. The minimum atomic E-state index is -0.937. The van der Waals surface area contributed by atoms with Crippen molar-refractivity contribution in [1.82, 2.24) is 0 Å². The van der Waals surface area contributed by atoms with Gasteiger partial charge in [-0.25, -0.2) is 4.79 Å². The lowest BCUT2D eigenvalue weighted by Gasteiger charge is -2.28. The molecule has 1 aliphatic heterocycles. The van der Waals surface area contributed by atoms with E-state index < -0.39 is 16.8 Å². The van der Waals surface area contributed by atoms with Crippen molar-refractivity contribution in [3.63, 3.8) is 0 Å². The highest BCUT2D eigenvalue weighted by Crippen LogP contribution is 2.24. The van der Waals surface area contributed by atoms with Gasteiger partial charge < -0.3 is 10.0 Å². The summed E-state index contributed by atoms with van der Waals surface area (Å²) in [6.07, 6.45) is 0. The summed E-state index contributed by atoms with van der Waals surface area (Å²) in [7, 11) is -0.724. The van der Waals surface area contributed by atoms with E-state index in [1.807, 2.05) is 6.07 Å². The fourth-order valence-corrected chi connectivity index (χ4v) is 3.31. The van der Waals surface area contributed by atoms with Crippen molar-refractivity contribution in [3.05, 3.63) is 28.2 Å². The molecule has 1 aromatic rings. The predicted octanol–water partition coefficient (Wildman–Crippen LogP) is 1.72. The molecule has 1 saturated heterocycles. The van der Waals surface area contributed by atoms with Crippen molar-refractivity contribution in [1.29, 1.82) is 0 Å². The summed E-state index contributed by atoms with van der Waals surface area (Å²) in [5, 5.41) is 8.99. The first-order valence-electron chi connectivity index (χ1n) is 5.20. The third-order valence-electron chi connectivity index (χ3n) is 2.67. The van der Waals surface area contributed by atoms with Crippen LogP contribution in [0.3, 0.4) is 0 Å². The van der Waals surface area contributed by atoms with Crippen molar-refractivity contribution < 1.29 is 14.1 Å². The van der Waals surface area contributed by atoms with Crippen LogP contribution in [0.15, 0.2) is 22.7 Å². The number of hydrogen-bond acceptors (Lipinski definition) is 3. The van der Waals surface area contributed by atoms with Crippen LogP contribution in [0, 0.1) is 0 Å². The molecule has 0 unspecified atom stereocenters. The summed E-state index contributed by atoms with van der Waals surface area (Å²) in [6.45, 7) is 1.42. The molecule has 1 N–H and O–H groups in total. The molecule has 1 aromatic carbocycles. The van der Waals surface area contributed by atoms with Crippen molar-refractivity contribution >= 4 is 38.4 Å². The molecule has 6 heteroatoms. The highest BCUT2D eigenvalue weighted by molar-refractivity contribution is 9.10. The van der Waals surface area contributed by atoms with Gasteiger partial charge >= 0.3 is 5.97 Å². The summed E-state index contributed by atoms with van der Waals surface area (Å²) in [5.74, 6) is 0.359. The highest BCUT2D eigenvalue weighted by atomic mass is 79.9. The van der Waals surface area contributed by atoms with Gasteiger partial charge in [0, 0.05) is 45.6 Å². The summed E-state index contributed by atoms with van der Waals surface area (Å²) in [6, 6.07) is 5.12. The van der Waals surface area contributed by atoms with Gasteiger partial charge in [-0.2, -0.15) is 0 Å². The first-order valence-corrected chi connectivity index (χ1v) is 7.48. The fourth-order valence-electron chi connectivity index (χ4n) is 1.78.